The highest BCUT2D eigenvalue weighted by Crippen LogP contribution is 1.96. The number of hydrogen-bond donors (Lipinski definition) is 0. The van der Waals surface area contributed by atoms with Crippen LogP contribution < -0.4 is 0 Å². The zero-order valence-electron chi connectivity index (χ0n) is 6.55. The van der Waals surface area contributed by atoms with Crippen molar-refractivity contribution in [3.05, 3.63) is 36.0 Å². The normalized spacial score (nSPS) is 12.6. The van der Waals surface area contributed by atoms with E-state index in [2.05, 4.69) is 21.9 Å². The molecule has 0 heterocycles. The fraction of sp³-hybridized carbons (Fsp3) is 0.200. The smallest absolute Gasteiger partial charge is 0.0215 e. The summed E-state index contributed by atoms with van der Waals surface area (Å²) in [5.41, 5.74) is 1.19. The van der Waals surface area contributed by atoms with E-state index in [0.717, 1.165) is 5.33 Å². The Bertz CT molecular complexity index is 214. The van der Waals surface area contributed by atoms with Gasteiger partial charge in [0.2, 0.25) is 0 Å². The van der Waals surface area contributed by atoms with E-state index in [9.17, 15) is 0 Å². The number of halogens is 1. The standard InChI is InChI=1S/C10H11Br/c1-3-4-5-7-10(2)8-6-9-11/h1,4-8H,9H2,2H3/b5-4-,8-6+,10-7+. The van der Waals surface area contributed by atoms with Gasteiger partial charge < -0.3 is 0 Å². The lowest BCUT2D eigenvalue weighted by Gasteiger charge is -1.85. The minimum absolute atomic E-state index is 0.886. The van der Waals surface area contributed by atoms with Crippen LogP contribution in [0.5, 0.6) is 0 Å². The maximum atomic E-state index is 5.02. The Kier molecular flexibility index (Phi) is 6.87. The van der Waals surface area contributed by atoms with E-state index in [1.54, 1.807) is 6.08 Å². The minimum atomic E-state index is 0.886. The van der Waals surface area contributed by atoms with Crippen molar-refractivity contribution in [1.29, 1.82) is 0 Å². The Morgan fingerprint density at radius 3 is 2.91 bits per heavy atom. The monoisotopic (exact) mass is 210 g/mol. The van der Waals surface area contributed by atoms with Crippen molar-refractivity contribution in [2.75, 3.05) is 5.33 Å². The van der Waals surface area contributed by atoms with Crippen LogP contribution >= 0.6 is 15.9 Å². The number of hydrogen-bond acceptors (Lipinski definition) is 0. The van der Waals surface area contributed by atoms with Gasteiger partial charge in [-0.05, 0) is 13.0 Å². The molecule has 0 unspecified atom stereocenters. The van der Waals surface area contributed by atoms with Gasteiger partial charge in [-0.3, -0.25) is 0 Å². The Labute approximate surface area is 76.8 Å². The molecule has 0 saturated heterocycles. The summed E-state index contributed by atoms with van der Waals surface area (Å²) in [4.78, 5) is 0. The molecule has 0 aliphatic heterocycles. The average molecular weight is 211 g/mol. The van der Waals surface area contributed by atoms with Crippen molar-refractivity contribution in [3.63, 3.8) is 0 Å². The van der Waals surface area contributed by atoms with Gasteiger partial charge in [-0.1, -0.05) is 51.7 Å². The number of terminal acetylenes is 1. The van der Waals surface area contributed by atoms with Gasteiger partial charge >= 0.3 is 0 Å². The molecule has 0 nitrogen and oxygen atoms in total. The van der Waals surface area contributed by atoms with Gasteiger partial charge in [0.25, 0.3) is 0 Å². The van der Waals surface area contributed by atoms with Crippen molar-refractivity contribution in [1.82, 2.24) is 0 Å². The lowest BCUT2D eigenvalue weighted by Crippen LogP contribution is -1.66. The van der Waals surface area contributed by atoms with Gasteiger partial charge in [0.05, 0.1) is 0 Å². The number of allylic oxidation sites excluding steroid dienone is 6. The summed E-state index contributed by atoms with van der Waals surface area (Å²) in [5, 5.41) is 0.886. The molecule has 0 bridgehead atoms. The Morgan fingerprint density at radius 2 is 2.36 bits per heavy atom. The molecule has 0 N–H and O–H groups in total. The molecule has 0 aromatic heterocycles. The van der Waals surface area contributed by atoms with Gasteiger partial charge in [0.15, 0.2) is 0 Å². The molecular weight excluding hydrogens is 200 g/mol. The molecular formula is C10H11Br. The van der Waals surface area contributed by atoms with Crippen LogP contribution in [0.4, 0.5) is 0 Å². The van der Waals surface area contributed by atoms with Crippen LogP contribution in [0.3, 0.4) is 0 Å². The molecule has 0 saturated carbocycles. The van der Waals surface area contributed by atoms with Crippen LogP contribution in [0.15, 0.2) is 36.0 Å². The lowest BCUT2D eigenvalue weighted by molar-refractivity contribution is 1.51. The molecule has 0 aliphatic rings. The molecule has 0 amide bonds. The highest BCUT2D eigenvalue weighted by atomic mass is 79.9. The first-order valence-electron chi connectivity index (χ1n) is 3.33. The maximum Gasteiger partial charge on any atom is 0.0215 e. The molecule has 0 fully saturated rings. The van der Waals surface area contributed by atoms with E-state index >= 15 is 0 Å². The van der Waals surface area contributed by atoms with E-state index < -0.39 is 0 Å². The second-order valence-corrected chi connectivity index (χ2v) is 2.64. The first kappa shape index (κ1) is 10.3. The van der Waals surface area contributed by atoms with E-state index in [1.807, 2.05) is 31.2 Å². The van der Waals surface area contributed by atoms with Gasteiger partial charge in [0, 0.05) is 5.33 Å². The van der Waals surface area contributed by atoms with E-state index in [-0.39, 0.29) is 0 Å². The van der Waals surface area contributed by atoms with Crippen molar-refractivity contribution < 1.29 is 0 Å². The molecule has 0 aromatic rings. The summed E-state index contributed by atoms with van der Waals surface area (Å²) in [6.07, 6.45) is 14.6. The van der Waals surface area contributed by atoms with Gasteiger partial charge in [0.1, 0.15) is 0 Å². The Morgan fingerprint density at radius 1 is 1.64 bits per heavy atom. The third kappa shape index (κ3) is 7.15. The molecule has 0 rings (SSSR count). The van der Waals surface area contributed by atoms with Crippen LogP contribution in [-0.2, 0) is 0 Å². The largest absolute Gasteiger partial charge is 0.115 e. The van der Waals surface area contributed by atoms with Crippen molar-refractivity contribution >= 4 is 15.9 Å². The number of rotatable bonds is 3. The Balaban J connectivity index is 3.93. The molecule has 0 atom stereocenters. The highest BCUT2D eigenvalue weighted by molar-refractivity contribution is 9.09. The topological polar surface area (TPSA) is 0 Å². The highest BCUT2D eigenvalue weighted by Gasteiger charge is 1.75. The zero-order chi connectivity index (χ0) is 8.53. The summed E-state index contributed by atoms with van der Waals surface area (Å²) < 4.78 is 0. The molecule has 0 aliphatic carbocycles. The molecule has 0 radical (unpaired) electrons. The SMILES string of the molecule is C#C\C=C/C=C(C)/C=C/CBr. The maximum absolute atomic E-state index is 5.02. The molecule has 0 spiro atoms. The van der Waals surface area contributed by atoms with Crippen molar-refractivity contribution in [2.45, 2.75) is 6.92 Å². The minimum Gasteiger partial charge on any atom is -0.115 e. The molecule has 11 heavy (non-hydrogen) atoms. The van der Waals surface area contributed by atoms with E-state index in [4.69, 9.17) is 6.42 Å². The van der Waals surface area contributed by atoms with Crippen molar-refractivity contribution in [3.8, 4) is 12.3 Å². The zero-order valence-corrected chi connectivity index (χ0v) is 8.14. The fourth-order valence-electron chi connectivity index (χ4n) is 0.541. The summed E-state index contributed by atoms with van der Waals surface area (Å²) in [5.74, 6) is 2.42. The van der Waals surface area contributed by atoms with Crippen LogP contribution in [0.25, 0.3) is 0 Å². The predicted octanol–water partition coefficient (Wildman–Crippen LogP) is 3.07. The van der Waals surface area contributed by atoms with Gasteiger partial charge in [-0.2, -0.15) is 0 Å². The summed E-state index contributed by atoms with van der Waals surface area (Å²) in [6.45, 7) is 2.03. The predicted molar refractivity (Wildman–Crippen MR) is 54.7 cm³/mol. The second kappa shape index (κ2) is 7.37. The second-order valence-electron chi connectivity index (χ2n) is 1.99. The third-order valence-corrected chi connectivity index (χ3v) is 1.40. The van der Waals surface area contributed by atoms with Crippen molar-refractivity contribution in [2.24, 2.45) is 0 Å². The third-order valence-electron chi connectivity index (χ3n) is 1.02. The lowest BCUT2D eigenvalue weighted by atomic mass is 10.2. The van der Waals surface area contributed by atoms with Crippen LogP contribution in [0.2, 0.25) is 0 Å². The van der Waals surface area contributed by atoms with Gasteiger partial charge in [-0.25, -0.2) is 0 Å². The van der Waals surface area contributed by atoms with E-state index in [1.165, 1.54) is 5.57 Å². The first-order chi connectivity index (χ1) is 5.31. The Hall–Kier alpha value is -0.740. The van der Waals surface area contributed by atoms with Crippen LogP contribution in [0, 0.1) is 12.3 Å². The molecule has 58 valence electrons. The fourth-order valence-corrected chi connectivity index (χ4v) is 0.728. The summed E-state index contributed by atoms with van der Waals surface area (Å²) in [7, 11) is 0. The van der Waals surface area contributed by atoms with E-state index in [0.29, 0.717) is 0 Å². The molecule has 1 heteroatoms. The first-order valence-corrected chi connectivity index (χ1v) is 4.45. The van der Waals surface area contributed by atoms with Gasteiger partial charge in [-0.15, -0.1) is 6.42 Å². The number of alkyl halides is 1. The quantitative estimate of drug-likeness (QED) is 0.382. The molecule has 0 aromatic carbocycles. The van der Waals surface area contributed by atoms with Crippen LogP contribution in [-0.4, -0.2) is 5.33 Å². The summed E-state index contributed by atoms with van der Waals surface area (Å²) >= 11 is 3.30. The average Bonchev–Trinajstić information content (AvgIpc) is 2.01. The van der Waals surface area contributed by atoms with Crippen LogP contribution in [0.1, 0.15) is 6.92 Å². The summed E-state index contributed by atoms with van der Waals surface area (Å²) in [6, 6.07) is 0.